The molecule has 0 fully saturated rings. The van der Waals surface area contributed by atoms with Crippen LogP contribution in [0.2, 0.25) is 0 Å². The Labute approximate surface area is 149 Å². The molecule has 1 rings (SSSR count). The second-order valence-electron chi connectivity index (χ2n) is 4.17. The summed E-state index contributed by atoms with van der Waals surface area (Å²) in [5, 5.41) is 0. The van der Waals surface area contributed by atoms with Crippen molar-refractivity contribution in [3.8, 4) is 12.3 Å². The number of hydrogen-bond acceptors (Lipinski definition) is 2. The van der Waals surface area contributed by atoms with Gasteiger partial charge < -0.3 is 0 Å². The summed E-state index contributed by atoms with van der Waals surface area (Å²) >= 11 is 0.344. The molecule has 0 saturated heterocycles. The summed E-state index contributed by atoms with van der Waals surface area (Å²) in [5.41, 5.74) is 0.603. The van der Waals surface area contributed by atoms with Crippen LogP contribution in [0.5, 0.6) is 0 Å². The van der Waals surface area contributed by atoms with Gasteiger partial charge in [-0.1, -0.05) is 51.2 Å². The van der Waals surface area contributed by atoms with Crippen LogP contribution < -0.4 is 0 Å². The van der Waals surface area contributed by atoms with Crippen molar-refractivity contribution in [1.29, 1.82) is 0 Å². The second-order valence-corrected chi connectivity index (χ2v) is 5.28. The molecular weight excluding hydrogens is 357 g/mol. The number of rotatable bonds is 7. The molecule has 0 unspecified atom stereocenters. The number of benzene rings is 1. The van der Waals surface area contributed by atoms with E-state index in [1.165, 1.54) is 16.5 Å². The first-order chi connectivity index (χ1) is 11.9. The third-order valence-electron chi connectivity index (χ3n) is 2.61. The van der Waals surface area contributed by atoms with E-state index in [1.807, 2.05) is 13.8 Å². The van der Waals surface area contributed by atoms with Gasteiger partial charge in [0.2, 0.25) is 5.82 Å². The smallest absolute Gasteiger partial charge is 0.200 e. The molecule has 0 atom stereocenters. The fourth-order valence-corrected chi connectivity index (χ4v) is 2.51. The van der Waals surface area contributed by atoms with Crippen molar-refractivity contribution < 1.29 is 22.0 Å². The van der Waals surface area contributed by atoms with E-state index in [-0.39, 0.29) is 13.1 Å². The lowest BCUT2D eigenvalue weighted by atomic mass is 10.2. The monoisotopic (exact) mass is 375 g/mol. The lowest BCUT2D eigenvalue weighted by Crippen LogP contribution is -2.20. The molecule has 0 radical (unpaired) electrons. The molecule has 0 saturated carbocycles. The van der Waals surface area contributed by atoms with Gasteiger partial charge in [0.15, 0.2) is 23.3 Å². The highest BCUT2D eigenvalue weighted by atomic mass is 32.2. The zero-order valence-electron chi connectivity index (χ0n) is 13.9. The molecule has 0 heterocycles. The van der Waals surface area contributed by atoms with Crippen LogP contribution in [0.3, 0.4) is 0 Å². The molecule has 1 aromatic rings. The van der Waals surface area contributed by atoms with Crippen LogP contribution in [0.25, 0.3) is 0 Å². The van der Waals surface area contributed by atoms with Crippen molar-refractivity contribution >= 4 is 11.9 Å². The largest absolute Gasteiger partial charge is 0.230 e. The summed E-state index contributed by atoms with van der Waals surface area (Å²) < 4.78 is 68.1. The maximum Gasteiger partial charge on any atom is 0.200 e. The minimum absolute atomic E-state index is 0.0733. The number of nitrogens with zero attached hydrogens (tertiary/aromatic N) is 1. The van der Waals surface area contributed by atoms with Gasteiger partial charge in [0.1, 0.15) is 4.90 Å². The third-order valence-corrected chi connectivity index (χ3v) is 3.67. The van der Waals surface area contributed by atoms with Crippen molar-refractivity contribution in [2.75, 3.05) is 13.1 Å². The lowest BCUT2D eigenvalue weighted by Gasteiger charge is -2.20. The summed E-state index contributed by atoms with van der Waals surface area (Å²) in [6.07, 6.45) is 9.68. The maximum atomic E-state index is 13.7. The highest BCUT2D eigenvalue weighted by Crippen LogP contribution is 2.33. The average molecular weight is 375 g/mol. The van der Waals surface area contributed by atoms with Crippen LogP contribution in [-0.2, 0) is 0 Å². The zero-order chi connectivity index (χ0) is 19.6. The molecule has 0 aliphatic rings. The number of halogens is 5. The van der Waals surface area contributed by atoms with E-state index in [0.29, 0.717) is 17.5 Å². The Kier molecular flexibility index (Phi) is 10.6. The predicted molar refractivity (Wildman–Crippen MR) is 92.3 cm³/mol. The molecule has 0 aliphatic carbocycles. The summed E-state index contributed by atoms with van der Waals surface area (Å²) in [6, 6.07) is 0. The van der Waals surface area contributed by atoms with E-state index in [0.717, 1.165) is 0 Å². The molecule has 0 aromatic heterocycles. The van der Waals surface area contributed by atoms with Gasteiger partial charge >= 0.3 is 0 Å². The maximum absolute atomic E-state index is 13.7. The lowest BCUT2D eigenvalue weighted by molar-refractivity contribution is 0.359. The van der Waals surface area contributed by atoms with Gasteiger partial charge in [0.25, 0.3) is 0 Å². The summed E-state index contributed by atoms with van der Waals surface area (Å²) in [4.78, 5) is -1.02. The molecule has 7 heteroatoms. The van der Waals surface area contributed by atoms with Crippen molar-refractivity contribution in [2.45, 2.75) is 18.7 Å². The average Bonchev–Trinajstić information content (AvgIpc) is 2.63. The van der Waals surface area contributed by atoms with Crippen molar-refractivity contribution in [1.82, 2.24) is 4.31 Å². The fourth-order valence-electron chi connectivity index (χ4n) is 1.56. The zero-order valence-corrected chi connectivity index (χ0v) is 14.7. The SMILES string of the molecule is C#CCN(C/C(C=C)=C/C=C)Sc1c(F)c(F)c(F)c(F)c1F.CC. The Morgan fingerprint density at radius 3 is 1.92 bits per heavy atom. The van der Waals surface area contributed by atoms with Gasteiger partial charge in [-0.05, 0) is 17.5 Å². The Morgan fingerprint density at radius 1 is 1.04 bits per heavy atom. The number of allylic oxidation sites excluding steroid dienone is 2. The molecule has 25 heavy (non-hydrogen) atoms. The summed E-state index contributed by atoms with van der Waals surface area (Å²) in [7, 11) is 0. The topological polar surface area (TPSA) is 3.24 Å². The Morgan fingerprint density at radius 2 is 1.52 bits per heavy atom. The Balaban J connectivity index is 0.00000277. The van der Waals surface area contributed by atoms with Crippen LogP contribution in [0.1, 0.15) is 13.8 Å². The molecule has 0 N–H and O–H groups in total. The van der Waals surface area contributed by atoms with E-state index in [4.69, 9.17) is 6.42 Å². The molecule has 0 spiro atoms. The van der Waals surface area contributed by atoms with Gasteiger partial charge in [-0.2, -0.15) is 0 Å². The minimum Gasteiger partial charge on any atom is -0.230 e. The van der Waals surface area contributed by atoms with Gasteiger partial charge in [-0.25, -0.2) is 26.3 Å². The summed E-state index contributed by atoms with van der Waals surface area (Å²) in [5.74, 6) is -7.76. The van der Waals surface area contributed by atoms with E-state index in [1.54, 1.807) is 6.08 Å². The van der Waals surface area contributed by atoms with Crippen LogP contribution >= 0.6 is 11.9 Å². The Hall–Kier alpha value is -2.04. The molecular formula is C18H18F5NS. The molecule has 0 amide bonds. The van der Waals surface area contributed by atoms with Crippen LogP contribution in [0.15, 0.2) is 41.9 Å². The van der Waals surface area contributed by atoms with Gasteiger partial charge in [0, 0.05) is 6.54 Å². The van der Waals surface area contributed by atoms with Crippen molar-refractivity contribution in [3.63, 3.8) is 0 Å². The first kappa shape index (κ1) is 23.0. The van der Waals surface area contributed by atoms with Crippen LogP contribution in [0, 0.1) is 41.4 Å². The molecule has 0 bridgehead atoms. The van der Waals surface area contributed by atoms with Gasteiger partial charge in [-0.3, -0.25) is 0 Å². The molecule has 1 nitrogen and oxygen atoms in total. The molecule has 136 valence electrons. The predicted octanol–water partition coefficient (Wildman–Crippen LogP) is 5.65. The minimum atomic E-state index is -2.20. The summed E-state index contributed by atoms with van der Waals surface area (Å²) in [6.45, 7) is 11.0. The number of hydrogen-bond donors (Lipinski definition) is 0. The third kappa shape index (κ3) is 6.07. The quantitative estimate of drug-likeness (QED) is 0.151. The van der Waals surface area contributed by atoms with Gasteiger partial charge in [0.05, 0.1) is 6.54 Å². The number of terminal acetylenes is 1. The normalized spacial score (nSPS) is 10.8. The molecule has 0 aliphatic heterocycles. The fraction of sp³-hybridized carbons (Fsp3) is 0.222. The van der Waals surface area contributed by atoms with E-state index < -0.39 is 34.0 Å². The van der Waals surface area contributed by atoms with E-state index >= 15 is 0 Å². The first-order valence-corrected chi connectivity index (χ1v) is 7.96. The van der Waals surface area contributed by atoms with Crippen molar-refractivity contribution in [3.05, 3.63) is 66.0 Å². The van der Waals surface area contributed by atoms with E-state index in [9.17, 15) is 22.0 Å². The standard InChI is InChI=1S/C16H12F5NS.C2H6/c1-4-7-10(6-3)9-22(8-5-2)23-16-14(20)12(18)11(17)13(19)15(16)21;1-2/h2,4,6-7H,1,3,8-9H2;1-2H3/b10-7+;. The molecule has 1 aromatic carbocycles. The highest BCUT2D eigenvalue weighted by molar-refractivity contribution is 7.97. The van der Waals surface area contributed by atoms with Crippen LogP contribution in [0.4, 0.5) is 22.0 Å². The first-order valence-electron chi connectivity index (χ1n) is 7.19. The van der Waals surface area contributed by atoms with E-state index in [2.05, 4.69) is 19.1 Å². The van der Waals surface area contributed by atoms with Crippen LogP contribution in [-0.4, -0.2) is 17.4 Å². The van der Waals surface area contributed by atoms with Gasteiger partial charge in [-0.15, -0.1) is 6.42 Å². The Bertz CT molecular complexity index is 663. The second kappa shape index (κ2) is 11.5. The highest BCUT2D eigenvalue weighted by Gasteiger charge is 2.27. The van der Waals surface area contributed by atoms with Crippen molar-refractivity contribution in [2.24, 2.45) is 0 Å².